The number of hydrogen-bond acceptors (Lipinski definition) is 5. The largest absolute Gasteiger partial charge is 0.393 e. The van der Waals surface area contributed by atoms with E-state index in [0.717, 1.165) is 16.4 Å². The minimum absolute atomic E-state index is 0.0752. The topological polar surface area (TPSA) is 75.1 Å². The molecular formula is C16H21N3O2S. The first-order valence-corrected chi connectivity index (χ1v) is 8.25. The van der Waals surface area contributed by atoms with Gasteiger partial charge in [-0.1, -0.05) is 19.9 Å². The molecule has 22 heavy (non-hydrogen) atoms. The quantitative estimate of drug-likeness (QED) is 0.821. The van der Waals surface area contributed by atoms with Crippen LogP contribution in [0, 0.1) is 5.92 Å². The Balaban J connectivity index is 1.82. The molecule has 6 heteroatoms. The molecule has 0 radical (unpaired) electrons. The Morgan fingerprint density at radius 2 is 2.23 bits per heavy atom. The summed E-state index contributed by atoms with van der Waals surface area (Å²) in [5, 5.41) is 15.2. The van der Waals surface area contributed by atoms with Crippen LogP contribution in [-0.4, -0.2) is 33.6 Å². The van der Waals surface area contributed by atoms with Crippen molar-refractivity contribution in [1.29, 1.82) is 0 Å². The molecule has 0 aliphatic rings. The monoisotopic (exact) mass is 319 g/mol. The van der Waals surface area contributed by atoms with Crippen molar-refractivity contribution in [3.8, 4) is 10.7 Å². The lowest BCUT2D eigenvalue weighted by Gasteiger charge is -2.14. The van der Waals surface area contributed by atoms with E-state index in [-0.39, 0.29) is 24.3 Å². The van der Waals surface area contributed by atoms with Crippen LogP contribution in [0.4, 0.5) is 0 Å². The third kappa shape index (κ3) is 4.89. The van der Waals surface area contributed by atoms with Crippen LogP contribution < -0.4 is 5.32 Å². The van der Waals surface area contributed by atoms with Crippen LogP contribution in [0.5, 0.6) is 0 Å². The number of amides is 1. The fourth-order valence-corrected chi connectivity index (χ4v) is 2.71. The Hall–Kier alpha value is -1.79. The molecule has 0 fully saturated rings. The molecule has 2 aromatic heterocycles. The highest BCUT2D eigenvalue weighted by Crippen LogP contribution is 2.21. The highest BCUT2D eigenvalue weighted by atomic mass is 32.1. The lowest BCUT2D eigenvalue weighted by molar-refractivity contribution is -0.120. The number of aromatic nitrogens is 2. The average molecular weight is 319 g/mol. The van der Waals surface area contributed by atoms with E-state index >= 15 is 0 Å². The molecule has 5 nitrogen and oxygen atoms in total. The van der Waals surface area contributed by atoms with Crippen molar-refractivity contribution in [3.05, 3.63) is 35.5 Å². The summed E-state index contributed by atoms with van der Waals surface area (Å²) in [4.78, 5) is 20.6. The number of rotatable bonds is 7. The van der Waals surface area contributed by atoms with Crippen molar-refractivity contribution >= 4 is 17.2 Å². The van der Waals surface area contributed by atoms with E-state index in [0.29, 0.717) is 13.0 Å². The van der Waals surface area contributed by atoms with E-state index in [1.807, 2.05) is 37.4 Å². The number of pyridine rings is 1. The van der Waals surface area contributed by atoms with E-state index in [4.69, 9.17) is 0 Å². The first-order chi connectivity index (χ1) is 10.6. The maximum absolute atomic E-state index is 11.9. The predicted molar refractivity (Wildman–Crippen MR) is 87.5 cm³/mol. The Kier molecular flexibility index (Phi) is 6.03. The molecule has 0 aliphatic carbocycles. The van der Waals surface area contributed by atoms with Crippen molar-refractivity contribution in [2.75, 3.05) is 6.54 Å². The molecule has 0 spiro atoms. The number of thiazole rings is 1. The van der Waals surface area contributed by atoms with Gasteiger partial charge < -0.3 is 10.4 Å². The minimum atomic E-state index is -0.379. The van der Waals surface area contributed by atoms with Crippen LogP contribution in [0.2, 0.25) is 0 Å². The Bertz CT molecular complexity index is 598. The standard InChI is InChI=1S/C16H21N3O2S/c1-11(2)14(20)6-8-18-15(21)9-12-10-22-16(19-12)13-5-3-4-7-17-13/h3-5,7,10-11,14,20H,6,8-9H2,1-2H3,(H,18,21). The second kappa shape index (κ2) is 8.00. The van der Waals surface area contributed by atoms with Crippen LogP contribution in [0.15, 0.2) is 29.8 Å². The van der Waals surface area contributed by atoms with Crippen molar-refractivity contribution in [3.63, 3.8) is 0 Å². The normalized spacial score (nSPS) is 12.4. The summed E-state index contributed by atoms with van der Waals surface area (Å²) in [7, 11) is 0. The van der Waals surface area contributed by atoms with Gasteiger partial charge in [-0.25, -0.2) is 4.98 Å². The Morgan fingerprint density at radius 3 is 2.91 bits per heavy atom. The van der Waals surface area contributed by atoms with E-state index < -0.39 is 0 Å². The average Bonchev–Trinajstić information content (AvgIpc) is 2.96. The first kappa shape index (κ1) is 16.6. The molecule has 2 aromatic rings. The molecular weight excluding hydrogens is 298 g/mol. The zero-order chi connectivity index (χ0) is 15.9. The zero-order valence-electron chi connectivity index (χ0n) is 12.8. The van der Waals surface area contributed by atoms with Gasteiger partial charge in [0.15, 0.2) is 0 Å². The second-order valence-electron chi connectivity index (χ2n) is 5.49. The highest BCUT2D eigenvalue weighted by Gasteiger charge is 2.11. The smallest absolute Gasteiger partial charge is 0.226 e. The summed E-state index contributed by atoms with van der Waals surface area (Å²) < 4.78 is 0. The highest BCUT2D eigenvalue weighted by molar-refractivity contribution is 7.13. The summed E-state index contributed by atoms with van der Waals surface area (Å²) in [6, 6.07) is 5.67. The summed E-state index contributed by atoms with van der Waals surface area (Å²) in [5.74, 6) is 0.130. The van der Waals surface area contributed by atoms with Gasteiger partial charge in [-0.05, 0) is 24.5 Å². The summed E-state index contributed by atoms with van der Waals surface area (Å²) in [6.07, 6.45) is 2.17. The Labute approximate surface area is 134 Å². The summed E-state index contributed by atoms with van der Waals surface area (Å²) >= 11 is 1.48. The van der Waals surface area contributed by atoms with Crippen molar-refractivity contribution in [2.45, 2.75) is 32.8 Å². The maximum Gasteiger partial charge on any atom is 0.226 e. The van der Waals surface area contributed by atoms with Crippen LogP contribution in [0.1, 0.15) is 26.0 Å². The number of carbonyl (C=O) groups excluding carboxylic acids is 1. The van der Waals surface area contributed by atoms with Gasteiger partial charge in [0, 0.05) is 18.1 Å². The van der Waals surface area contributed by atoms with Gasteiger partial charge in [-0.15, -0.1) is 11.3 Å². The number of hydrogen-bond donors (Lipinski definition) is 2. The number of nitrogens with one attached hydrogen (secondary N) is 1. The molecule has 2 N–H and O–H groups in total. The molecule has 1 atom stereocenters. The third-order valence-corrected chi connectivity index (χ3v) is 4.22. The molecule has 0 saturated carbocycles. The van der Waals surface area contributed by atoms with Gasteiger partial charge in [0.25, 0.3) is 0 Å². The number of nitrogens with zero attached hydrogens (tertiary/aromatic N) is 2. The Morgan fingerprint density at radius 1 is 1.41 bits per heavy atom. The molecule has 0 aromatic carbocycles. The molecule has 118 valence electrons. The fourth-order valence-electron chi connectivity index (χ4n) is 1.91. The van der Waals surface area contributed by atoms with E-state index in [1.54, 1.807) is 6.20 Å². The molecule has 2 heterocycles. The number of carbonyl (C=O) groups is 1. The molecule has 0 bridgehead atoms. The lowest BCUT2D eigenvalue weighted by atomic mass is 10.0. The van der Waals surface area contributed by atoms with Crippen molar-refractivity contribution in [1.82, 2.24) is 15.3 Å². The van der Waals surface area contributed by atoms with Gasteiger partial charge in [-0.2, -0.15) is 0 Å². The maximum atomic E-state index is 11.9. The van der Waals surface area contributed by atoms with Crippen molar-refractivity contribution in [2.24, 2.45) is 5.92 Å². The second-order valence-corrected chi connectivity index (χ2v) is 6.34. The predicted octanol–water partition coefficient (Wildman–Crippen LogP) is 2.27. The molecule has 0 aliphatic heterocycles. The van der Waals surface area contributed by atoms with Gasteiger partial charge in [0.05, 0.1) is 23.9 Å². The first-order valence-electron chi connectivity index (χ1n) is 7.37. The van der Waals surface area contributed by atoms with E-state index in [2.05, 4.69) is 15.3 Å². The van der Waals surface area contributed by atoms with Gasteiger partial charge in [0.2, 0.25) is 5.91 Å². The summed E-state index contributed by atoms with van der Waals surface area (Å²) in [6.45, 7) is 4.40. The molecule has 1 amide bonds. The summed E-state index contributed by atoms with van der Waals surface area (Å²) in [5.41, 5.74) is 1.56. The number of aliphatic hydroxyl groups is 1. The van der Waals surface area contributed by atoms with Crippen molar-refractivity contribution < 1.29 is 9.90 Å². The van der Waals surface area contributed by atoms with Gasteiger partial charge in [0.1, 0.15) is 5.01 Å². The zero-order valence-corrected chi connectivity index (χ0v) is 13.6. The van der Waals surface area contributed by atoms with Crippen LogP contribution >= 0.6 is 11.3 Å². The molecule has 2 rings (SSSR count). The minimum Gasteiger partial charge on any atom is -0.393 e. The SMILES string of the molecule is CC(C)C(O)CCNC(=O)Cc1csc(-c2ccccn2)n1. The van der Waals surface area contributed by atoms with E-state index in [9.17, 15) is 9.90 Å². The van der Waals surface area contributed by atoms with Crippen LogP contribution in [-0.2, 0) is 11.2 Å². The van der Waals surface area contributed by atoms with E-state index in [1.165, 1.54) is 11.3 Å². The number of aliphatic hydroxyl groups excluding tert-OH is 1. The lowest BCUT2D eigenvalue weighted by Crippen LogP contribution is -2.29. The van der Waals surface area contributed by atoms with Gasteiger partial charge in [-0.3, -0.25) is 9.78 Å². The third-order valence-electron chi connectivity index (χ3n) is 3.31. The fraction of sp³-hybridized carbons (Fsp3) is 0.438. The molecule has 0 saturated heterocycles. The van der Waals surface area contributed by atoms with Gasteiger partial charge >= 0.3 is 0 Å². The van der Waals surface area contributed by atoms with Crippen LogP contribution in [0.3, 0.4) is 0 Å². The molecule has 1 unspecified atom stereocenters. The van der Waals surface area contributed by atoms with Crippen LogP contribution in [0.25, 0.3) is 10.7 Å².